The van der Waals surface area contributed by atoms with Gasteiger partial charge in [-0.15, -0.1) is 5.10 Å². The van der Waals surface area contributed by atoms with Crippen molar-refractivity contribution < 1.29 is 0 Å². The summed E-state index contributed by atoms with van der Waals surface area (Å²) in [5.74, 6) is 0.721. The van der Waals surface area contributed by atoms with Gasteiger partial charge in [0, 0.05) is 19.6 Å². The van der Waals surface area contributed by atoms with Crippen LogP contribution in [0.1, 0.15) is 24.4 Å². The Morgan fingerprint density at radius 1 is 1.44 bits per heavy atom. The molecule has 0 bridgehead atoms. The van der Waals surface area contributed by atoms with Crippen molar-refractivity contribution in [2.75, 3.05) is 26.7 Å². The number of aryl methyl sites for hydroxylation is 1. The van der Waals surface area contributed by atoms with Crippen molar-refractivity contribution in [2.24, 2.45) is 5.92 Å². The quantitative estimate of drug-likeness (QED) is 0.736. The van der Waals surface area contributed by atoms with Gasteiger partial charge >= 0.3 is 0 Å². The minimum Gasteiger partial charge on any atom is -0.315 e. The van der Waals surface area contributed by atoms with E-state index in [-0.39, 0.29) is 0 Å². The third-order valence-electron chi connectivity index (χ3n) is 2.38. The molecule has 92 valence electrons. The standard InChI is InChI=1S/C11H22N4S/c1-9(2)7-12-5-6-15(4)8-11-10(3)13-14-16-11/h9,12H,5-8H2,1-4H3. The first-order valence-electron chi connectivity index (χ1n) is 5.76. The topological polar surface area (TPSA) is 41.1 Å². The summed E-state index contributed by atoms with van der Waals surface area (Å²) in [5.41, 5.74) is 1.06. The Kier molecular flexibility index (Phi) is 5.87. The molecule has 0 aliphatic rings. The maximum atomic E-state index is 4.02. The second-order valence-corrected chi connectivity index (χ2v) is 5.46. The van der Waals surface area contributed by atoms with Crippen molar-refractivity contribution in [1.82, 2.24) is 19.8 Å². The van der Waals surface area contributed by atoms with Crippen LogP contribution in [0, 0.1) is 12.8 Å². The van der Waals surface area contributed by atoms with Crippen LogP contribution in [0.15, 0.2) is 0 Å². The predicted octanol–water partition coefficient (Wildman–Crippen LogP) is 1.52. The third kappa shape index (κ3) is 5.01. The average Bonchev–Trinajstić information content (AvgIpc) is 2.59. The summed E-state index contributed by atoms with van der Waals surface area (Å²) in [6.07, 6.45) is 0. The molecule has 1 rings (SSSR count). The zero-order chi connectivity index (χ0) is 12.0. The molecule has 0 saturated heterocycles. The van der Waals surface area contributed by atoms with Crippen LogP contribution >= 0.6 is 11.5 Å². The van der Waals surface area contributed by atoms with Crippen molar-refractivity contribution in [1.29, 1.82) is 0 Å². The van der Waals surface area contributed by atoms with Crippen molar-refractivity contribution in [3.63, 3.8) is 0 Å². The Morgan fingerprint density at radius 2 is 2.19 bits per heavy atom. The maximum Gasteiger partial charge on any atom is 0.0769 e. The predicted molar refractivity (Wildman–Crippen MR) is 68.7 cm³/mol. The molecule has 5 heteroatoms. The van der Waals surface area contributed by atoms with Gasteiger partial charge in [-0.3, -0.25) is 4.90 Å². The van der Waals surface area contributed by atoms with E-state index in [4.69, 9.17) is 0 Å². The van der Waals surface area contributed by atoms with Crippen LogP contribution < -0.4 is 5.32 Å². The van der Waals surface area contributed by atoms with Crippen LogP contribution in [-0.4, -0.2) is 41.2 Å². The highest BCUT2D eigenvalue weighted by Crippen LogP contribution is 2.10. The number of nitrogens with one attached hydrogen (secondary N) is 1. The molecular weight excluding hydrogens is 220 g/mol. The SMILES string of the molecule is Cc1nnsc1CN(C)CCNCC(C)C. The minimum atomic E-state index is 0.721. The van der Waals surface area contributed by atoms with Crippen LogP contribution in [0.5, 0.6) is 0 Å². The van der Waals surface area contributed by atoms with Gasteiger partial charge in [-0.05, 0) is 38.0 Å². The van der Waals surface area contributed by atoms with E-state index in [1.165, 1.54) is 16.4 Å². The Morgan fingerprint density at radius 3 is 2.75 bits per heavy atom. The summed E-state index contributed by atoms with van der Waals surface area (Å²) in [6.45, 7) is 10.6. The summed E-state index contributed by atoms with van der Waals surface area (Å²) in [6, 6.07) is 0. The highest BCUT2D eigenvalue weighted by molar-refractivity contribution is 7.05. The van der Waals surface area contributed by atoms with Crippen LogP contribution in [-0.2, 0) is 6.54 Å². The highest BCUT2D eigenvalue weighted by atomic mass is 32.1. The number of hydrogen-bond acceptors (Lipinski definition) is 5. The van der Waals surface area contributed by atoms with E-state index < -0.39 is 0 Å². The van der Waals surface area contributed by atoms with E-state index in [1.807, 2.05) is 6.92 Å². The normalized spacial score (nSPS) is 11.6. The molecular formula is C11H22N4S. The molecule has 0 saturated carbocycles. The largest absolute Gasteiger partial charge is 0.315 e. The van der Waals surface area contributed by atoms with Crippen molar-refractivity contribution in [3.8, 4) is 0 Å². The number of aromatic nitrogens is 2. The third-order valence-corrected chi connectivity index (χ3v) is 3.19. The molecule has 1 aromatic rings. The lowest BCUT2D eigenvalue weighted by Gasteiger charge is -2.16. The summed E-state index contributed by atoms with van der Waals surface area (Å²) in [7, 11) is 2.14. The van der Waals surface area contributed by atoms with Gasteiger partial charge in [0.05, 0.1) is 10.6 Å². The molecule has 0 radical (unpaired) electrons. The van der Waals surface area contributed by atoms with E-state index in [0.29, 0.717) is 0 Å². The van der Waals surface area contributed by atoms with Crippen LogP contribution in [0.3, 0.4) is 0 Å². The fraction of sp³-hybridized carbons (Fsp3) is 0.818. The zero-order valence-electron chi connectivity index (χ0n) is 10.7. The van der Waals surface area contributed by atoms with Gasteiger partial charge in [-0.2, -0.15) is 0 Å². The monoisotopic (exact) mass is 242 g/mol. The second kappa shape index (κ2) is 6.93. The first kappa shape index (κ1) is 13.5. The van der Waals surface area contributed by atoms with E-state index in [0.717, 1.165) is 37.8 Å². The first-order valence-corrected chi connectivity index (χ1v) is 6.54. The molecule has 4 nitrogen and oxygen atoms in total. The smallest absolute Gasteiger partial charge is 0.0769 e. The van der Waals surface area contributed by atoms with E-state index in [1.54, 1.807) is 0 Å². The number of hydrogen-bond donors (Lipinski definition) is 1. The Labute approximate surface area is 102 Å². The lowest BCUT2D eigenvalue weighted by atomic mass is 10.2. The molecule has 16 heavy (non-hydrogen) atoms. The molecule has 0 aromatic carbocycles. The molecule has 0 aliphatic carbocycles. The van der Waals surface area contributed by atoms with Crippen molar-refractivity contribution >= 4 is 11.5 Å². The number of rotatable bonds is 7. The number of likely N-dealkylation sites (N-methyl/N-ethyl adjacent to an activating group) is 1. The molecule has 0 amide bonds. The van der Waals surface area contributed by atoms with Gasteiger partial charge in [0.1, 0.15) is 0 Å². The average molecular weight is 242 g/mol. The van der Waals surface area contributed by atoms with E-state index in [2.05, 4.69) is 40.7 Å². The van der Waals surface area contributed by atoms with Gasteiger partial charge in [-0.25, -0.2) is 0 Å². The molecule has 0 aliphatic heterocycles. The molecule has 0 atom stereocenters. The summed E-state index contributed by atoms with van der Waals surface area (Å²) >= 11 is 1.50. The molecule has 1 N–H and O–H groups in total. The molecule has 0 fully saturated rings. The molecule has 1 heterocycles. The summed E-state index contributed by atoms with van der Waals surface area (Å²) in [4.78, 5) is 3.57. The Balaban J connectivity index is 2.16. The molecule has 0 spiro atoms. The number of nitrogens with zero attached hydrogens (tertiary/aromatic N) is 3. The minimum absolute atomic E-state index is 0.721. The van der Waals surface area contributed by atoms with Crippen LogP contribution in [0.4, 0.5) is 0 Å². The van der Waals surface area contributed by atoms with Crippen LogP contribution in [0.2, 0.25) is 0 Å². The molecule has 0 unspecified atom stereocenters. The fourth-order valence-electron chi connectivity index (χ4n) is 1.38. The maximum absolute atomic E-state index is 4.02. The first-order chi connectivity index (χ1) is 7.59. The summed E-state index contributed by atoms with van der Waals surface area (Å²) < 4.78 is 3.94. The second-order valence-electron chi connectivity index (χ2n) is 4.62. The van der Waals surface area contributed by atoms with Crippen LogP contribution in [0.25, 0.3) is 0 Å². The fourth-order valence-corrected chi connectivity index (χ4v) is 2.09. The van der Waals surface area contributed by atoms with Gasteiger partial charge in [0.15, 0.2) is 0 Å². The van der Waals surface area contributed by atoms with Gasteiger partial charge in [0.25, 0.3) is 0 Å². The Hall–Kier alpha value is -0.520. The van der Waals surface area contributed by atoms with Gasteiger partial charge < -0.3 is 5.32 Å². The van der Waals surface area contributed by atoms with Crippen molar-refractivity contribution in [3.05, 3.63) is 10.6 Å². The molecule has 1 aromatic heterocycles. The lowest BCUT2D eigenvalue weighted by molar-refractivity contribution is 0.323. The van der Waals surface area contributed by atoms with E-state index in [9.17, 15) is 0 Å². The zero-order valence-corrected chi connectivity index (χ0v) is 11.5. The Bertz CT molecular complexity index is 298. The summed E-state index contributed by atoms with van der Waals surface area (Å²) in [5, 5.41) is 7.46. The lowest BCUT2D eigenvalue weighted by Crippen LogP contribution is -2.30. The van der Waals surface area contributed by atoms with Gasteiger partial charge in [-0.1, -0.05) is 18.3 Å². The highest BCUT2D eigenvalue weighted by Gasteiger charge is 2.06. The van der Waals surface area contributed by atoms with E-state index >= 15 is 0 Å². The van der Waals surface area contributed by atoms with Gasteiger partial charge in [0.2, 0.25) is 0 Å². The van der Waals surface area contributed by atoms with Crippen molar-refractivity contribution in [2.45, 2.75) is 27.3 Å².